The molecule has 0 amide bonds. The van der Waals surface area contributed by atoms with Crippen LogP contribution in [0.2, 0.25) is 0 Å². The quantitative estimate of drug-likeness (QED) is 0.636. The molecule has 3 N–H and O–H groups in total. The van der Waals surface area contributed by atoms with E-state index >= 15 is 0 Å². The molecule has 0 aromatic carbocycles. The minimum absolute atomic E-state index is 0.0622. The molecule has 0 spiro atoms. The first-order chi connectivity index (χ1) is 8.85. The number of thioether (sulfide) groups is 1. The highest BCUT2D eigenvalue weighted by atomic mass is 32.2. The van der Waals surface area contributed by atoms with Crippen molar-refractivity contribution in [1.29, 1.82) is 0 Å². The summed E-state index contributed by atoms with van der Waals surface area (Å²) in [5.74, 6) is 6.40. The lowest BCUT2D eigenvalue weighted by Gasteiger charge is -2.36. The monoisotopic (exact) mass is 302 g/mol. The van der Waals surface area contributed by atoms with Gasteiger partial charge in [-0.25, -0.2) is 19.2 Å². The fraction of sp³-hybridized carbons (Fsp3) is 0.545. The Labute approximate surface area is 117 Å². The third kappa shape index (κ3) is 3.19. The highest BCUT2D eigenvalue weighted by Gasteiger charge is 2.34. The van der Waals surface area contributed by atoms with Gasteiger partial charge >= 0.3 is 0 Å². The van der Waals surface area contributed by atoms with Gasteiger partial charge in [0.2, 0.25) is 10.0 Å². The third-order valence-corrected chi connectivity index (χ3v) is 6.05. The van der Waals surface area contributed by atoms with Crippen LogP contribution in [0.3, 0.4) is 0 Å². The SMILES string of the molecule is CC1(C)CN(S(=O)(=O)c2ccnc(NN)c2)CCS1. The van der Waals surface area contributed by atoms with Crippen LogP contribution in [0.4, 0.5) is 5.82 Å². The first-order valence-electron chi connectivity index (χ1n) is 5.92. The van der Waals surface area contributed by atoms with E-state index in [1.165, 1.54) is 22.6 Å². The fourth-order valence-electron chi connectivity index (χ4n) is 1.98. The highest BCUT2D eigenvalue weighted by Crippen LogP contribution is 2.32. The van der Waals surface area contributed by atoms with Crippen LogP contribution in [0.25, 0.3) is 0 Å². The van der Waals surface area contributed by atoms with Gasteiger partial charge in [-0.15, -0.1) is 0 Å². The molecular formula is C11H18N4O2S2. The number of nitrogens with one attached hydrogen (secondary N) is 1. The van der Waals surface area contributed by atoms with Crippen molar-refractivity contribution < 1.29 is 8.42 Å². The number of nitrogen functional groups attached to an aromatic ring is 1. The molecule has 106 valence electrons. The summed E-state index contributed by atoms with van der Waals surface area (Å²) in [6, 6.07) is 2.94. The van der Waals surface area contributed by atoms with Crippen molar-refractivity contribution in [3.05, 3.63) is 18.3 Å². The molecule has 1 saturated heterocycles. The van der Waals surface area contributed by atoms with Crippen LogP contribution in [0, 0.1) is 0 Å². The first-order valence-corrected chi connectivity index (χ1v) is 8.34. The Morgan fingerprint density at radius 2 is 2.26 bits per heavy atom. The molecule has 1 aromatic heterocycles. The zero-order valence-electron chi connectivity index (χ0n) is 11.0. The highest BCUT2D eigenvalue weighted by molar-refractivity contribution is 8.00. The van der Waals surface area contributed by atoms with Gasteiger partial charge in [0.15, 0.2) is 0 Å². The second-order valence-electron chi connectivity index (χ2n) is 4.97. The van der Waals surface area contributed by atoms with Crippen LogP contribution in [0.1, 0.15) is 13.8 Å². The molecule has 2 rings (SSSR count). The van der Waals surface area contributed by atoms with Gasteiger partial charge in [0, 0.05) is 35.9 Å². The van der Waals surface area contributed by atoms with E-state index in [0.717, 1.165) is 5.75 Å². The molecule has 0 aliphatic carbocycles. The van der Waals surface area contributed by atoms with Gasteiger partial charge in [0.1, 0.15) is 5.82 Å². The predicted molar refractivity (Wildman–Crippen MR) is 77.3 cm³/mol. The molecule has 0 bridgehead atoms. The topological polar surface area (TPSA) is 88.3 Å². The maximum absolute atomic E-state index is 12.6. The summed E-state index contributed by atoms with van der Waals surface area (Å²) >= 11 is 1.79. The molecule has 1 aliphatic heterocycles. The number of hydrogen-bond donors (Lipinski definition) is 2. The van der Waals surface area contributed by atoms with Gasteiger partial charge in [-0.3, -0.25) is 0 Å². The normalized spacial score (nSPS) is 20.2. The number of hydrogen-bond acceptors (Lipinski definition) is 6. The fourth-order valence-corrected chi connectivity index (χ4v) is 4.90. The Morgan fingerprint density at radius 1 is 1.53 bits per heavy atom. The minimum atomic E-state index is -3.48. The summed E-state index contributed by atoms with van der Waals surface area (Å²) in [5.41, 5.74) is 2.36. The summed E-state index contributed by atoms with van der Waals surface area (Å²) in [6.45, 7) is 5.15. The first kappa shape index (κ1) is 14.6. The number of aromatic nitrogens is 1. The molecular weight excluding hydrogens is 284 g/mol. The second kappa shape index (κ2) is 5.28. The number of nitrogens with zero attached hydrogens (tertiary/aromatic N) is 2. The predicted octanol–water partition coefficient (Wildman–Crippen LogP) is 0.883. The Kier molecular flexibility index (Phi) is 4.05. The largest absolute Gasteiger partial charge is 0.308 e. The number of rotatable bonds is 3. The Morgan fingerprint density at radius 3 is 2.89 bits per heavy atom. The van der Waals surface area contributed by atoms with Gasteiger partial charge in [0.05, 0.1) is 4.90 Å². The van der Waals surface area contributed by atoms with Crippen molar-refractivity contribution in [3.63, 3.8) is 0 Å². The molecule has 19 heavy (non-hydrogen) atoms. The average molecular weight is 302 g/mol. The molecule has 6 nitrogen and oxygen atoms in total. The zero-order chi connectivity index (χ0) is 14.1. The van der Waals surface area contributed by atoms with E-state index in [-0.39, 0.29) is 9.64 Å². The molecule has 8 heteroatoms. The van der Waals surface area contributed by atoms with Crippen LogP contribution in [-0.2, 0) is 10.0 Å². The molecule has 2 heterocycles. The summed E-state index contributed by atoms with van der Waals surface area (Å²) in [4.78, 5) is 4.14. The van der Waals surface area contributed by atoms with Gasteiger partial charge in [-0.05, 0) is 19.9 Å². The number of sulfonamides is 1. The Bertz CT molecular complexity index is 560. The Hall–Kier alpha value is -0.830. The van der Waals surface area contributed by atoms with Crippen LogP contribution in [0.5, 0.6) is 0 Å². The van der Waals surface area contributed by atoms with Gasteiger partial charge in [-0.2, -0.15) is 16.1 Å². The number of pyridine rings is 1. The van der Waals surface area contributed by atoms with Crippen LogP contribution < -0.4 is 11.3 Å². The third-order valence-electron chi connectivity index (χ3n) is 2.91. The molecule has 0 unspecified atom stereocenters. The van der Waals surface area contributed by atoms with Crippen molar-refractivity contribution in [2.75, 3.05) is 24.3 Å². The van der Waals surface area contributed by atoms with Crippen LogP contribution in [0.15, 0.2) is 23.2 Å². The van der Waals surface area contributed by atoms with Crippen LogP contribution >= 0.6 is 11.8 Å². The smallest absolute Gasteiger partial charge is 0.243 e. The molecule has 1 aromatic rings. The minimum Gasteiger partial charge on any atom is -0.308 e. The van der Waals surface area contributed by atoms with Crippen LogP contribution in [-0.4, -0.2) is 41.3 Å². The Balaban J connectivity index is 2.31. The van der Waals surface area contributed by atoms with E-state index in [1.807, 2.05) is 0 Å². The lowest BCUT2D eigenvalue weighted by Crippen LogP contribution is -2.46. The zero-order valence-corrected chi connectivity index (χ0v) is 12.6. The molecule has 0 atom stereocenters. The average Bonchev–Trinajstić information content (AvgIpc) is 2.37. The summed E-state index contributed by atoms with van der Waals surface area (Å²) in [7, 11) is -3.48. The molecule has 1 fully saturated rings. The standard InChI is InChI=1S/C11H18N4O2S2/c1-11(2)8-15(5-6-18-11)19(16,17)9-3-4-13-10(7-9)14-12/h3-4,7H,5-6,8,12H2,1-2H3,(H,13,14). The van der Waals surface area contributed by atoms with Crippen molar-refractivity contribution in [3.8, 4) is 0 Å². The summed E-state index contributed by atoms with van der Waals surface area (Å²) in [5, 5.41) is 0. The van der Waals surface area contributed by atoms with E-state index in [2.05, 4.69) is 24.3 Å². The van der Waals surface area contributed by atoms with E-state index < -0.39 is 10.0 Å². The number of nitrogens with two attached hydrogens (primary N) is 1. The lowest BCUT2D eigenvalue weighted by atomic mass is 10.2. The van der Waals surface area contributed by atoms with E-state index in [0.29, 0.717) is 18.9 Å². The van der Waals surface area contributed by atoms with Gasteiger partial charge < -0.3 is 5.43 Å². The molecule has 1 aliphatic rings. The van der Waals surface area contributed by atoms with Crippen molar-refractivity contribution in [2.45, 2.75) is 23.5 Å². The summed E-state index contributed by atoms with van der Waals surface area (Å²) in [6.07, 6.45) is 1.44. The van der Waals surface area contributed by atoms with Gasteiger partial charge in [-0.1, -0.05) is 0 Å². The van der Waals surface area contributed by atoms with E-state index in [1.54, 1.807) is 11.8 Å². The molecule has 0 radical (unpaired) electrons. The van der Waals surface area contributed by atoms with Gasteiger partial charge in [0.25, 0.3) is 0 Å². The maximum Gasteiger partial charge on any atom is 0.243 e. The summed E-state index contributed by atoms with van der Waals surface area (Å²) < 4.78 is 26.6. The molecule has 0 saturated carbocycles. The lowest BCUT2D eigenvalue weighted by molar-refractivity contribution is 0.387. The van der Waals surface area contributed by atoms with E-state index in [4.69, 9.17) is 5.84 Å². The maximum atomic E-state index is 12.6. The van der Waals surface area contributed by atoms with Crippen molar-refractivity contribution in [1.82, 2.24) is 9.29 Å². The van der Waals surface area contributed by atoms with E-state index in [9.17, 15) is 8.42 Å². The van der Waals surface area contributed by atoms with Crippen molar-refractivity contribution >= 4 is 27.6 Å². The number of hydrazine groups is 1. The number of anilines is 1. The van der Waals surface area contributed by atoms with Crippen molar-refractivity contribution in [2.24, 2.45) is 5.84 Å². The second-order valence-corrected chi connectivity index (χ2v) is 8.71.